The number of halogens is 3. The van der Waals surface area contributed by atoms with Crippen LogP contribution in [0.4, 0.5) is 13.2 Å². The van der Waals surface area contributed by atoms with E-state index in [0.717, 1.165) is 12.2 Å². The zero-order chi connectivity index (χ0) is 15.6. The summed E-state index contributed by atoms with van der Waals surface area (Å²) in [6, 6.07) is 0.900. The number of thioether (sulfide) groups is 1. The van der Waals surface area contributed by atoms with Crippen LogP contribution >= 0.6 is 11.8 Å². The van der Waals surface area contributed by atoms with Crippen molar-refractivity contribution in [2.75, 3.05) is 12.3 Å². The monoisotopic (exact) mass is 319 g/mol. The molecule has 0 aromatic heterocycles. The van der Waals surface area contributed by atoms with E-state index < -0.39 is 34.5 Å². The lowest BCUT2D eigenvalue weighted by atomic mass is 9.79. The van der Waals surface area contributed by atoms with Crippen molar-refractivity contribution in [2.24, 2.45) is 0 Å². The van der Waals surface area contributed by atoms with Crippen LogP contribution in [0.5, 0.6) is 0 Å². The first-order valence-corrected chi connectivity index (χ1v) is 7.69. The quantitative estimate of drug-likeness (QED) is 0.877. The van der Waals surface area contributed by atoms with Crippen LogP contribution in [-0.4, -0.2) is 34.2 Å². The van der Waals surface area contributed by atoms with Crippen LogP contribution in [0, 0.1) is 17.5 Å². The van der Waals surface area contributed by atoms with Crippen molar-refractivity contribution in [2.45, 2.75) is 30.6 Å². The molecule has 0 aliphatic heterocycles. The Morgan fingerprint density at radius 1 is 1.43 bits per heavy atom. The summed E-state index contributed by atoms with van der Waals surface area (Å²) in [5, 5.41) is 12.6. The number of rotatable bonds is 5. The summed E-state index contributed by atoms with van der Waals surface area (Å²) in [6.45, 7) is 1.88. The molecule has 2 N–H and O–H groups in total. The first-order chi connectivity index (χ1) is 9.87. The maximum Gasteiger partial charge on any atom is 0.257 e. The Kier molecular flexibility index (Phi) is 4.83. The molecular weight excluding hydrogens is 303 g/mol. The zero-order valence-corrected chi connectivity index (χ0v) is 12.3. The van der Waals surface area contributed by atoms with Crippen LogP contribution in [0.1, 0.15) is 30.1 Å². The number of carbonyl (C=O) groups excluding carboxylic acids is 1. The van der Waals surface area contributed by atoms with Crippen LogP contribution in [-0.2, 0) is 0 Å². The van der Waals surface area contributed by atoms with E-state index in [2.05, 4.69) is 5.32 Å². The molecule has 0 saturated heterocycles. The molecule has 2 atom stereocenters. The molecule has 0 unspecified atom stereocenters. The first-order valence-electron chi connectivity index (χ1n) is 6.64. The molecule has 3 nitrogen and oxygen atoms in total. The number of benzene rings is 1. The van der Waals surface area contributed by atoms with Crippen molar-refractivity contribution >= 4 is 17.7 Å². The van der Waals surface area contributed by atoms with E-state index in [4.69, 9.17) is 0 Å². The predicted molar refractivity (Wildman–Crippen MR) is 74.8 cm³/mol. The van der Waals surface area contributed by atoms with Gasteiger partial charge in [0.2, 0.25) is 0 Å². The molecule has 0 spiro atoms. The minimum Gasteiger partial charge on any atom is -0.387 e. The van der Waals surface area contributed by atoms with Crippen molar-refractivity contribution in [1.82, 2.24) is 5.32 Å². The van der Waals surface area contributed by atoms with Gasteiger partial charge in [-0.05, 0) is 18.6 Å². The molecule has 0 heterocycles. The standard InChI is InChI=1S/C14H16F3NO2S/c1-2-21-11-3-4-14(11,20)7-18-13(19)12-9(16)5-8(15)6-10(12)17/h5-6,11,20H,2-4,7H2,1H3,(H,18,19)/t11-,14-/m0/s1. The molecule has 1 amide bonds. The van der Waals surface area contributed by atoms with E-state index in [1.807, 2.05) is 6.92 Å². The molecule has 1 aromatic carbocycles. The molecule has 1 aliphatic rings. The molecule has 116 valence electrons. The van der Waals surface area contributed by atoms with Gasteiger partial charge in [-0.2, -0.15) is 11.8 Å². The van der Waals surface area contributed by atoms with Gasteiger partial charge in [0.05, 0.1) is 5.60 Å². The van der Waals surface area contributed by atoms with Crippen molar-refractivity contribution < 1.29 is 23.1 Å². The van der Waals surface area contributed by atoms with Gasteiger partial charge in [0.15, 0.2) is 0 Å². The van der Waals surface area contributed by atoms with Crippen LogP contribution < -0.4 is 5.32 Å². The van der Waals surface area contributed by atoms with Gasteiger partial charge in [-0.25, -0.2) is 13.2 Å². The summed E-state index contributed by atoms with van der Waals surface area (Å²) in [4.78, 5) is 11.8. The number of nitrogens with one attached hydrogen (secondary N) is 1. The normalized spacial score (nSPS) is 24.5. The van der Waals surface area contributed by atoms with E-state index in [1.165, 1.54) is 0 Å². The minimum absolute atomic E-state index is 0.00529. The van der Waals surface area contributed by atoms with Crippen molar-refractivity contribution in [3.05, 3.63) is 35.1 Å². The van der Waals surface area contributed by atoms with E-state index in [0.29, 0.717) is 18.6 Å². The van der Waals surface area contributed by atoms with Crippen LogP contribution in [0.3, 0.4) is 0 Å². The molecule has 21 heavy (non-hydrogen) atoms. The second-order valence-corrected chi connectivity index (χ2v) is 6.49. The summed E-state index contributed by atoms with van der Waals surface area (Å²) < 4.78 is 39.7. The fraction of sp³-hybridized carbons (Fsp3) is 0.500. The highest BCUT2D eigenvalue weighted by atomic mass is 32.2. The highest BCUT2D eigenvalue weighted by Gasteiger charge is 2.45. The van der Waals surface area contributed by atoms with E-state index >= 15 is 0 Å². The van der Waals surface area contributed by atoms with E-state index in [1.54, 1.807) is 11.8 Å². The number of hydrogen-bond acceptors (Lipinski definition) is 3. The van der Waals surface area contributed by atoms with Crippen molar-refractivity contribution in [1.29, 1.82) is 0 Å². The van der Waals surface area contributed by atoms with Crippen LogP contribution in [0.2, 0.25) is 0 Å². The van der Waals surface area contributed by atoms with Crippen molar-refractivity contribution in [3.8, 4) is 0 Å². The maximum absolute atomic E-state index is 13.5. The maximum atomic E-state index is 13.5. The van der Waals surface area contributed by atoms with E-state index in [-0.39, 0.29) is 11.8 Å². The number of hydrogen-bond donors (Lipinski definition) is 2. The average Bonchev–Trinajstić information content (AvgIpc) is 2.39. The average molecular weight is 319 g/mol. The Balaban J connectivity index is 2.03. The summed E-state index contributed by atoms with van der Waals surface area (Å²) in [5.41, 5.74) is -1.89. The van der Waals surface area contributed by atoms with Crippen LogP contribution in [0.15, 0.2) is 12.1 Å². The number of carbonyl (C=O) groups is 1. The third-order valence-electron chi connectivity index (χ3n) is 3.60. The van der Waals surface area contributed by atoms with Gasteiger partial charge in [0, 0.05) is 23.9 Å². The molecule has 0 bridgehead atoms. The van der Waals surface area contributed by atoms with Crippen LogP contribution in [0.25, 0.3) is 0 Å². The second-order valence-electron chi connectivity index (χ2n) is 5.01. The molecule has 1 aromatic rings. The Labute approximate surface area is 124 Å². The predicted octanol–water partition coefficient (Wildman–Crippen LogP) is 2.48. The van der Waals surface area contributed by atoms with Gasteiger partial charge >= 0.3 is 0 Å². The summed E-state index contributed by atoms with van der Waals surface area (Å²) >= 11 is 1.58. The lowest BCUT2D eigenvalue weighted by molar-refractivity contribution is -0.0222. The molecule has 1 aliphatic carbocycles. The Hall–Kier alpha value is -1.21. The summed E-state index contributed by atoms with van der Waals surface area (Å²) in [5.74, 6) is -3.76. The molecule has 1 saturated carbocycles. The Morgan fingerprint density at radius 2 is 2.05 bits per heavy atom. The SMILES string of the molecule is CCS[C@H]1CC[C@]1(O)CNC(=O)c1c(F)cc(F)cc1F. The first kappa shape index (κ1) is 16.2. The van der Waals surface area contributed by atoms with Crippen molar-refractivity contribution in [3.63, 3.8) is 0 Å². The number of aliphatic hydroxyl groups is 1. The highest BCUT2D eigenvalue weighted by molar-refractivity contribution is 8.00. The summed E-state index contributed by atoms with van der Waals surface area (Å²) in [7, 11) is 0. The largest absolute Gasteiger partial charge is 0.387 e. The third-order valence-corrected chi connectivity index (χ3v) is 5.01. The fourth-order valence-corrected chi connectivity index (χ4v) is 3.52. The lowest BCUT2D eigenvalue weighted by Crippen LogP contribution is -2.57. The molecule has 2 rings (SSSR count). The minimum atomic E-state index is -1.26. The van der Waals surface area contributed by atoms with Gasteiger partial charge in [-0.15, -0.1) is 0 Å². The van der Waals surface area contributed by atoms with Gasteiger partial charge in [0.1, 0.15) is 23.0 Å². The third kappa shape index (κ3) is 3.35. The fourth-order valence-electron chi connectivity index (χ4n) is 2.32. The van der Waals surface area contributed by atoms with Gasteiger partial charge in [-0.3, -0.25) is 4.79 Å². The number of amides is 1. The van der Waals surface area contributed by atoms with Gasteiger partial charge in [-0.1, -0.05) is 6.92 Å². The Bertz CT molecular complexity index is 532. The lowest BCUT2D eigenvalue weighted by Gasteiger charge is -2.45. The molecular formula is C14H16F3NO2S. The molecule has 1 fully saturated rings. The second kappa shape index (κ2) is 6.27. The smallest absolute Gasteiger partial charge is 0.257 e. The highest BCUT2D eigenvalue weighted by Crippen LogP contribution is 2.40. The summed E-state index contributed by atoms with van der Waals surface area (Å²) in [6.07, 6.45) is 1.36. The van der Waals surface area contributed by atoms with Gasteiger partial charge in [0.25, 0.3) is 5.91 Å². The van der Waals surface area contributed by atoms with E-state index in [9.17, 15) is 23.1 Å². The zero-order valence-electron chi connectivity index (χ0n) is 11.5. The molecule has 7 heteroatoms. The Morgan fingerprint density at radius 3 is 2.52 bits per heavy atom. The topological polar surface area (TPSA) is 49.3 Å². The molecule has 0 radical (unpaired) electrons. The van der Waals surface area contributed by atoms with Gasteiger partial charge < -0.3 is 10.4 Å².